The molecule has 5 heteroatoms. The van der Waals surface area contributed by atoms with Gasteiger partial charge >= 0.3 is 0 Å². The Hall–Kier alpha value is -1.62. The van der Waals surface area contributed by atoms with Crippen LogP contribution in [-0.2, 0) is 20.0 Å². The van der Waals surface area contributed by atoms with Crippen molar-refractivity contribution in [1.82, 2.24) is 24.4 Å². The predicted octanol–water partition coefficient (Wildman–Crippen LogP) is 1.14. The van der Waals surface area contributed by atoms with Crippen molar-refractivity contribution < 1.29 is 0 Å². The lowest BCUT2D eigenvalue weighted by Crippen LogP contribution is -2.22. The first-order valence-corrected chi connectivity index (χ1v) is 5.89. The summed E-state index contributed by atoms with van der Waals surface area (Å²) in [7, 11) is 3.98. The molecule has 0 saturated carbocycles. The van der Waals surface area contributed by atoms with Gasteiger partial charge in [0.15, 0.2) is 0 Å². The van der Waals surface area contributed by atoms with Crippen LogP contribution >= 0.6 is 0 Å². The van der Waals surface area contributed by atoms with Crippen LogP contribution in [0.15, 0.2) is 24.9 Å². The highest BCUT2D eigenvalue weighted by molar-refractivity contribution is 5.08. The van der Waals surface area contributed by atoms with E-state index in [1.807, 2.05) is 43.6 Å². The van der Waals surface area contributed by atoms with Crippen LogP contribution in [0.1, 0.15) is 24.5 Å². The molecule has 1 atom stereocenters. The molecular weight excluding hydrogens is 214 g/mol. The molecule has 2 aromatic heterocycles. The maximum atomic E-state index is 4.41. The minimum absolute atomic E-state index is 0.246. The molecule has 0 aliphatic carbocycles. The topological polar surface area (TPSA) is 47.7 Å². The maximum absolute atomic E-state index is 4.41. The smallest absolute Gasteiger partial charge is 0.110 e. The lowest BCUT2D eigenvalue weighted by molar-refractivity contribution is 0.526. The van der Waals surface area contributed by atoms with Crippen molar-refractivity contribution in [3.63, 3.8) is 0 Å². The van der Waals surface area contributed by atoms with Crippen molar-refractivity contribution in [2.45, 2.75) is 25.9 Å². The SMILES string of the molecule is CCn1ccnc1CC(NC)c1cncn1C. The average Bonchev–Trinajstić information content (AvgIpc) is 2.94. The van der Waals surface area contributed by atoms with Crippen molar-refractivity contribution in [3.05, 3.63) is 36.4 Å². The van der Waals surface area contributed by atoms with Crippen LogP contribution in [0.25, 0.3) is 0 Å². The van der Waals surface area contributed by atoms with E-state index in [0.29, 0.717) is 0 Å². The lowest BCUT2D eigenvalue weighted by Gasteiger charge is -2.16. The number of hydrogen-bond acceptors (Lipinski definition) is 3. The molecule has 5 nitrogen and oxygen atoms in total. The molecule has 0 saturated heterocycles. The molecular formula is C12H19N5. The lowest BCUT2D eigenvalue weighted by atomic mass is 10.1. The van der Waals surface area contributed by atoms with Crippen molar-refractivity contribution in [3.8, 4) is 0 Å². The number of hydrogen-bond donors (Lipinski definition) is 1. The Morgan fingerprint density at radius 1 is 1.47 bits per heavy atom. The summed E-state index contributed by atoms with van der Waals surface area (Å²) in [6.45, 7) is 3.08. The summed E-state index contributed by atoms with van der Waals surface area (Å²) < 4.78 is 4.21. The van der Waals surface area contributed by atoms with Gasteiger partial charge in [-0.3, -0.25) is 0 Å². The van der Waals surface area contributed by atoms with E-state index in [-0.39, 0.29) is 6.04 Å². The van der Waals surface area contributed by atoms with Crippen molar-refractivity contribution >= 4 is 0 Å². The number of aryl methyl sites for hydroxylation is 2. The molecule has 2 rings (SSSR count). The Labute approximate surface area is 102 Å². The summed E-state index contributed by atoms with van der Waals surface area (Å²) in [5.74, 6) is 1.10. The van der Waals surface area contributed by atoms with Crippen LogP contribution in [0.3, 0.4) is 0 Å². The first kappa shape index (κ1) is 11.9. The van der Waals surface area contributed by atoms with Gasteiger partial charge in [-0.1, -0.05) is 0 Å². The number of nitrogens with zero attached hydrogens (tertiary/aromatic N) is 4. The maximum Gasteiger partial charge on any atom is 0.110 e. The average molecular weight is 233 g/mol. The van der Waals surface area contributed by atoms with Crippen molar-refractivity contribution in [1.29, 1.82) is 0 Å². The molecule has 0 spiro atoms. The van der Waals surface area contributed by atoms with Gasteiger partial charge in [-0.25, -0.2) is 9.97 Å². The largest absolute Gasteiger partial charge is 0.336 e. The molecule has 0 bridgehead atoms. The van der Waals surface area contributed by atoms with E-state index in [0.717, 1.165) is 18.8 Å². The molecule has 1 N–H and O–H groups in total. The van der Waals surface area contributed by atoms with Crippen molar-refractivity contribution in [2.24, 2.45) is 7.05 Å². The fraction of sp³-hybridized carbons (Fsp3) is 0.500. The molecule has 0 aliphatic rings. The van der Waals surface area contributed by atoms with Gasteiger partial charge in [-0.15, -0.1) is 0 Å². The minimum Gasteiger partial charge on any atom is -0.336 e. The highest BCUT2D eigenvalue weighted by atomic mass is 15.1. The zero-order chi connectivity index (χ0) is 12.3. The van der Waals surface area contributed by atoms with E-state index in [1.54, 1.807) is 0 Å². The van der Waals surface area contributed by atoms with Crippen LogP contribution in [-0.4, -0.2) is 26.1 Å². The van der Waals surface area contributed by atoms with E-state index in [1.165, 1.54) is 5.69 Å². The number of nitrogens with one attached hydrogen (secondary N) is 1. The minimum atomic E-state index is 0.246. The quantitative estimate of drug-likeness (QED) is 0.842. The van der Waals surface area contributed by atoms with Gasteiger partial charge in [0.25, 0.3) is 0 Å². The third kappa shape index (κ3) is 2.39. The Morgan fingerprint density at radius 2 is 2.29 bits per heavy atom. The predicted molar refractivity (Wildman–Crippen MR) is 66.6 cm³/mol. The Kier molecular flexibility index (Phi) is 3.58. The monoisotopic (exact) mass is 233 g/mol. The van der Waals surface area contributed by atoms with Gasteiger partial charge in [0.05, 0.1) is 18.1 Å². The first-order chi connectivity index (χ1) is 8.26. The molecule has 2 aromatic rings. The van der Waals surface area contributed by atoms with Gasteiger partial charge in [-0.05, 0) is 14.0 Å². The van der Waals surface area contributed by atoms with E-state index in [4.69, 9.17) is 0 Å². The fourth-order valence-electron chi connectivity index (χ4n) is 2.06. The highest BCUT2D eigenvalue weighted by Crippen LogP contribution is 2.16. The molecule has 17 heavy (non-hydrogen) atoms. The van der Waals surface area contributed by atoms with Crippen LogP contribution in [0.5, 0.6) is 0 Å². The third-order valence-electron chi connectivity index (χ3n) is 3.09. The third-order valence-corrected chi connectivity index (χ3v) is 3.09. The summed E-state index contributed by atoms with van der Waals surface area (Å²) >= 11 is 0. The van der Waals surface area contributed by atoms with Gasteiger partial charge in [0.1, 0.15) is 5.82 Å². The second-order valence-electron chi connectivity index (χ2n) is 4.10. The van der Waals surface area contributed by atoms with Gasteiger partial charge in [0.2, 0.25) is 0 Å². The first-order valence-electron chi connectivity index (χ1n) is 5.89. The Balaban J connectivity index is 2.19. The summed E-state index contributed by atoms with van der Waals surface area (Å²) in [5, 5.41) is 3.32. The summed E-state index contributed by atoms with van der Waals surface area (Å²) in [6, 6.07) is 0.246. The van der Waals surface area contributed by atoms with Crippen LogP contribution < -0.4 is 5.32 Å². The van der Waals surface area contributed by atoms with Crippen LogP contribution in [0, 0.1) is 0 Å². The fourth-order valence-corrected chi connectivity index (χ4v) is 2.06. The van der Waals surface area contributed by atoms with E-state index in [2.05, 4.69) is 26.8 Å². The summed E-state index contributed by atoms with van der Waals surface area (Å²) in [4.78, 5) is 8.57. The van der Waals surface area contributed by atoms with Gasteiger partial charge in [0, 0.05) is 38.6 Å². The zero-order valence-corrected chi connectivity index (χ0v) is 10.6. The van der Waals surface area contributed by atoms with E-state index >= 15 is 0 Å². The Bertz CT molecular complexity index is 471. The molecule has 0 aromatic carbocycles. The number of likely N-dealkylation sites (N-methyl/N-ethyl adjacent to an activating group) is 1. The molecule has 0 fully saturated rings. The second kappa shape index (κ2) is 5.14. The molecule has 0 amide bonds. The molecule has 2 heterocycles. The summed E-state index contributed by atoms with van der Waals surface area (Å²) in [6.07, 6.45) is 8.48. The van der Waals surface area contributed by atoms with Gasteiger partial charge in [-0.2, -0.15) is 0 Å². The number of imidazole rings is 2. The normalized spacial score (nSPS) is 12.9. The van der Waals surface area contributed by atoms with E-state index < -0.39 is 0 Å². The zero-order valence-electron chi connectivity index (χ0n) is 10.6. The summed E-state index contributed by atoms with van der Waals surface area (Å²) in [5.41, 5.74) is 1.18. The Morgan fingerprint density at radius 3 is 2.88 bits per heavy atom. The standard InChI is InChI=1S/C12H19N5/c1-4-17-6-5-15-12(17)7-10(13-2)11-8-14-9-16(11)3/h5-6,8-10,13H,4,7H2,1-3H3. The van der Waals surface area contributed by atoms with Crippen LogP contribution in [0.2, 0.25) is 0 Å². The highest BCUT2D eigenvalue weighted by Gasteiger charge is 2.15. The molecule has 0 radical (unpaired) electrons. The molecule has 0 aliphatic heterocycles. The number of rotatable bonds is 5. The van der Waals surface area contributed by atoms with Crippen LogP contribution in [0.4, 0.5) is 0 Å². The van der Waals surface area contributed by atoms with Gasteiger partial charge < -0.3 is 14.5 Å². The van der Waals surface area contributed by atoms with Crippen molar-refractivity contribution in [2.75, 3.05) is 7.05 Å². The second-order valence-corrected chi connectivity index (χ2v) is 4.10. The molecule has 1 unspecified atom stereocenters. The van der Waals surface area contributed by atoms with E-state index in [9.17, 15) is 0 Å². The molecule has 92 valence electrons. The number of aromatic nitrogens is 4.